The molecule has 2 aliphatic rings. The number of benzene rings is 1. The SMILES string of the molecule is CCC[C@H]1O[C@@H]2OC(C)(C(C)C)O[C@@H]2[C@H]1OCc1ccccc1OC. The molecule has 0 spiro atoms. The molecule has 0 radical (unpaired) electrons. The Labute approximate surface area is 150 Å². The maximum absolute atomic E-state index is 6.27. The van der Waals surface area contributed by atoms with Crippen molar-refractivity contribution in [3.63, 3.8) is 0 Å². The fourth-order valence-corrected chi connectivity index (χ4v) is 3.44. The lowest BCUT2D eigenvalue weighted by Crippen LogP contribution is -2.40. The first-order chi connectivity index (χ1) is 12.0. The minimum atomic E-state index is -0.626. The van der Waals surface area contributed by atoms with Gasteiger partial charge >= 0.3 is 0 Å². The Morgan fingerprint density at radius 2 is 1.96 bits per heavy atom. The number of methoxy groups -OCH3 is 1. The highest BCUT2D eigenvalue weighted by Gasteiger charge is 2.57. The van der Waals surface area contributed by atoms with Crippen molar-refractivity contribution in [3.8, 4) is 5.75 Å². The second-order valence-corrected chi connectivity index (χ2v) is 7.29. The van der Waals surface area contributed by atoms with Gasteiger partial charge in [-0.15, -0.1) is 0 Å². The van der Waals surface area contributed by atoms with Gasteiger partial charge in [0.1, 0.15) is 18.0 Å². The van der Waals surface area contributed by atoms with E-state index < -0.39 is 5.79 Å². The van der Waals surface area contributed by atoms with Gasteiger partial charge in [0, 0.05) is 11.5 Å². The smallest absolute Gasteiger partial charge is 0.190 e. The number of rotatable bonds is 7. The van der Waals surface area contributed by atoms with Gasteiger partial charge < -0.3 is 23.7 Å². The van der Waals surface area contributed by atoms with Crippen LogP contribution in [0.5, 0.6) is 5.75 Å². The summed E-state index contributed by atoms with van der Waals surface area (Å²) in [5.74, 6) is 0.445. The predicted octanol–water partition coefficient (Wildman–Crippen LogP) is 3.89. The van der Waals surface area contributed by atoms with E-state index in [0.717, 1.165) is 24.2 Å². The summed E-state index contributed by atoms with van der Waals surface area (Å²) in [6.07, 6.45) is 1.25. The Kier molecular flexibility index (Phi) is 5.68. The normalized spacial score (nSPS) is 34.5. The van der Waals surface area contributed by atoms with Crippen molar-refractivity contribution in [2.24, 2.45) is 5.92 Å². The third-order valence-corrected chi connectivity index (χ3v) is 5.23. The third kappa shape index (κ3) is 3.70. The summed E-state index contributed by atoms with van der Waals surface area (Å²) in [6.45, 7) is 8.77. The first-order valence-electron chi connectivity index (χ1n) is 9.23. The molecule has 0 aliphatic carbocycles. The zero-order valence-corrected chi connectivity index (χ0v) is 15.9. The van der Waals surface area contributed by atoms with E-state index in [2.05, 4.69) is 20.8 Å². The molecule has 1 aromatic rings. The fraction of sp³-hybridized carbons (Fsp3) is 0.700. The maximum atomic E-state index is 6.27. The molecule has 0 bridgehead atoms. The van der Waals surface area contributed by atoms with Crippen LogP contribution in [0.4, 0.5) is 0 Å². The molecule has 2 aliphatic heterocycles. The topological polar surface area (TPSA) is 46.2 Å². The van der Waals surface area contributed by atoms with Gasteiger partial charge in [-0.25, -0.2) is 0 Å². The fourth-order valence-electron chi connectivity index (χ4n) is 3.44. The highest BCUT2D eigenvalue weighted by Crippen LogP contribution is 2.43. The molecule has 1 aromatic carbocycles. The summed E-state index contributed by atoms with van der Waals surface area (Å²) < 4.78 is 30.2. The summed E-state index contributed by atoms with van der Waals surface area (Å²) in [5, 5.41) is 0. The van der Waals surface area contributed by atoms with Crippen LogP contribution in [0.15, 0.2) is 24.3 Å². The largest absolute Gasteiger partial charge is 0.496 e. The lowest BCUT2D eigenvalue weighted by Gasteiger charge is -2.31. The van der Waals surface area contributed by atoms with Crippen LogP contribution < -0.4 is 4.74 Å². The van der Waals surface area contributed by atoms with E-state index in [9.17, 15) is 0 Å². The zero-order valence-electron chi connectivity index (χ0n) is 15.9. The molecule has 5 nitrogen and oxygen atoms in total. The Bertz CT molecular complexity index is 575. The van der Waals surface area contributed by atoms with E-state index in [1.807, 2.05) is 31.2 Å². The van der Waals surface area contributed by atoms with Crippen molar-refractivity contribution >= 4 is 0 Å². The Morgan fingerprint density at radius 1 is 1.20 bits per heavy atom. The molecule has 3 rings (SSSR count). The number of hydrogen-bond donors (Lipinski definition) is 0. The van der Waals surface area contributed by atoms with Gasteiger partial charge in [-0.05, 0) is 19.4 Å². The molecular formula is C20H30O5. The van der Waals surface area contributed by atoms with Crippen LogP contribution in [0.25, 0.3) is 0 Å². The lowest BCUT2D eigenvalue weighted by atomic mass is 10.0. The zero-order chi connectivity index (χ0) is 18.0. The highest BCUT2D eigenvalue weighted by molar-refractivity contribution is 5.32. The van der Waals surface area contributed by atoms with E-state index in [1.54, 1.807) is 7.11 Å². The van der Waals surface area contributed by atoms with Crippen molar-refractivity contribution in [2.75, 3.05) is 7.11 Å². The molecule has 140 valence electrons. The van der Waals surface area contributed by atoms with Gasteiger partial charge in [0.05, 0.1) is 19.8 Å². The molecule has 0 N–H and O–H groups in total. The van der Waals surface area contributed by atoms with Crippen LogP contribution in [-0.2, 0) is 25.6 Å². The molecule has 2 saturated heterocycles. The molecule has 2 heterocycles. The molecule has 1 unspecified atom stereocenters. The van der Waals surface area contributed by atoms with Gasteiger partial charge in [-0.3, -0.25) is 0 Å². The number of para-hydroxylation sites is 1. The van der Waals surface area contributed by atoms with E-state index in [0.29, 0.717) is 6.61 Å². The van der Waals surface area contributed by atoms with Gasteiger partial charge in [-0.2, -0.15) is 0 Å². The monoisotopic (exact) mass is 350 g/mol. The maximum Gasteiger partial charge on any atom is 0.190 e. The second-order valence-electron chi connectivity index (χ2n) is 7.29. The predicted molar refractivity (Wildman–Crippen MR) is 94.3 cm³/mol. The molecule has 0 amide bonds. The van der Waals surface area contributed by atoms with Crippen molar-refractivity contribution in [2.45, 2.75) is 77.5 Å². The quantitative estimate of drug-likeness (QED) is 0.746. The van der Waals surface area contributed by atoms with Crippen molar-refractivity contribution in [1.29, 1.82) is 0 Å². The minimum Gasteiger partial charge on any atom is -0.496 e. The molecule has 2 fully saturated rings. The second kappa shape index (κ2) is 7.62. The van der Waals surface area contributed by atoms with E-state index in [1.165, 1.54) is 0 Å². The average Bonchev–Trinajstić information content (AvgIpc) is 3.08. The standard InChI is InChI=1S/C20H30O5/c1-6-9-16-17(22-12-14-10-7-8-11-15(14)21-5)18-19(23-16)25-20(4,24-18)13(2)3/h7-8,10-11,13,16-19H,6,9,12H2,1-5H3/t16-,17+,18-,19-,20?/m1/s1. The van der Waals surface area contributed by atoms with E-state index >= 15 is 0 Å². The van der Waals surface area contributed by atoms with E-state index in [4.69, 9.17) is 23.7 Å². The first kappa shape index (κ1) is 18.6. The number of ether oxygens (including phenoxy) is 5. The van der Waals surface area contributed by atoms with Gasteiger partial charge in [-0.1, -0.05) is 45.4 Å². The molecule has 5 heteroatoms. The third-order valence-electron chi connectivity index (χ3n) is 5.23. The first-order valence-corrected chi connectivity index (χ1v) is 9.23. The molecule has 25 heavy (non-hydrogen) atoms. The van der Waals surface area contributed by atoms with Crippen LogP contribution in [0.3, 0.4) is 0 Å². The van der Waals surface area contributed by atoms with Crippen LogP contribution in [0.1, 0.15) is 46.1 Å². The Morgan fingerprint density at radius 3 is 2.64 bits per heavy atom. The van der Waals surface area contributed by atoms with Crippen LogP contribution in [-0.4, -0.2) is 37.5 Å². The summed E-state index contributed by atoms with van der Waals surface area (Å²) in [5.41, 5.74) is 1.02. The van der Waals surface area contributed by atoms with Crippen molar-refractivity contribution < 1.29 is 23.7 Å². The number of fused-ring (bicyclic) bond motifs is 1. The number of hydrogen-bond acceptors (Lipinski definition) is 5. The van der Waals surface area contributed by atoms with Gasteiger partial charge in [0.25, 0.3) is 0 Å². The summed E-state index contributed by atoms with van der Waals surface area (Å²) in [7, 11) is 1.68. The van der Waals surface area contributed by atoms with Gasteiger partial charge in [0.15, 0.2) is 12.1 Å². The molecule has 5 atom stereocenters. The minimum absolute atomic E-state index is 0.00795. The molecular weight excluding hydrogens is 320 g/mol. The van der Waals surface area contributed by atoms with Crippen molar-refractivity contribution in [3.05, 3.63) is 29.8 Å². The lowest BCUT2D eigenvalue weighted by molar-refractivity contribution is -0.247. The van der Waals surface area contributed by atoms with Crippen LogP contribution in [0.2, 0.25) is 0 Å². The van der Waals surface area contributed by atoms with Crippen LogP contribution >= 0.6 is 0 Å². The Balaban J connectivity index is 1.72. The molecule has 0 saturated carbocycles. The summed E-state index contributed by atoms with van der Waals surface area (Å²) in [4.78, 5) is 0. The average molecular weight is 350 g/mol. The van der Waals surface area contributed by atoms with Crippen LogP contribution in [0, 0.1) is 5.92 Å². The van der Waals surface area contributed by atoms with Gasteiger partial charge in [0.2, 0.25) is 0 Å². The van der Waals surface area contributed by atoms with E-state index in [-0.39, 0.29) is 30.5 Å². The summed E-state index contributed by atoms with van der Waals surface area (Å²) in [6, 6.07) is 7.91. The van der Waals surface area contributed by atoms with Crippen molar-refractivity contribution in [1.82, 2.24) is 0 Å². The Hall–Kier alpha value is -1.14. The molecule has 0 aromatic heterocycles. The highest BCUT2D eigenvalue weighted by atomic mass is 16.8. The summed E-state index contributed by atoms with van der Waals surface area (Å²) >= 11 is 0.